The van der Waals surface area contributed by atoms with E-state index in [0.29, 0.717) is 13.0 Å². The maximum absolute atomic E-state index is 12.8. The Bertz CT molecular complexity index is 768. The Hall–Kier alpha value is -2.88. The van der Waals surface area contributed by atoms with Gasteiger partial charge in [-0.3, -0.25) is 14.5 Å². The number of fused-ring (bicyclic) bond motifs is 1. The molecule has 0 bridgehead atoms. The summed E-state index contributed by atoms with van der Waals surface area (Å²) >= 11 is 0. The van der Waals surface area contributed by atoms with Crippen LogP contribution in [-0.2, 0) is 16.0 Å². The molecule has 4 heteroatoms. The predicted octanol–water partition coefficient (Wildman–Crippen LogP) is 2.79. The fraction of sp³-hybridized carbons (Fsp3) is 0.200. The number of hydrogen-bond acceptors (Lipinski definition) is 2. The van der Waals surface area contributed by atoms with Crippen LogP contribution < -0.4 is 10.2 Å². The first-order valence-electron chi connectivity index (χ1n) is 8.12. The summed E-state index contributed by atoms with van der Waals surface area (Å²) in [5.74, 6) is -0.296. The lowest BCUT2D eigenvalue weighted by Gasteiger charge is -2.23. The van der Waals surface area contributed by atoms with Crippen LogP contribution in [0, 0.1) is 0 Å². The van der Waals surface area contributed by atoms with Crippen LogP contribution in [0.15, 0.2) is 60.7 Å². The van der Waals surface area contributed by atoms with Gasteiger partial charge in [-0.25, -0.2) is 0 Å². The van der Waals surface area contributed by atoms with Gasteiger partial charge in [-0.1, -0.05) is 48.5 Å². The number of likely N-dealkylation sites (N-methyl/N-ethyl adjacent to an activating group) is 1. The minimum Gasteiger partial charge on any atom is -0.355 e. The van der Waals surface area contributed by atoms with Gasteiger partial charge in [0.1, 0.15) is 6.04 Å². The van der Waals surface area contributed by atoms with Crippen LogP contribution in [0.25, 0.3) is 6.08 Å². The van der Waals surface area contributed by atoms with Crippen molar-refractivity contribution in [1.29, 1.82) is 0 Å². The molecule has 1 atom stereocenters. The Morgan fingerprint density at radius 1 is 1.12 bits per heavy atom. The van der Waals surface area contributed by atoms with E-state index in [4.69, 9.17) is 0 Å². The van der Waals surface area contributed by atoms with Crippen molar-refractivity contribution in [3.8, 4) is 0 Å². The number of amides is 2. The van der Waals surface area contributed by atoms with E-state index in [1.165, 1.54) is 6.08 Å². The highest BCUT2D eigenvalue weighted by molar-refractivity contribution is 6.09. The van der Waals surface area contributed by atoms with E-state index in [1.54, 1.807) is 11.0 Å². The molecule has 0 saturated heterocycles. The van der Waals surface area contributed by atoms with Crippen molar-refractivity contribution in [2.75, 3.05) is 11.4 Å². The third kappa shape index (κ3) is 3.23. The summed E-state index contributed by atoms with van der Waals surface area (Å²) in [4.78, 5) is 26.7. The molecule has 122 valence electrons. The molecular weight excluding hydrogens is 300 g/mol. The summed E-state index contributed by atoms with van der Waals surface area (Å²) < 4.78 is 0. The smallest absolute Gasteiger partial charge is 0.251 e. The minimum absolute atomic E-state index is 0.116. The highest BCUT2D eigenvalue weighted by Gasteiger charge is 2.36. The molecular formula is C20H20N2O2. The Balaban J connectivity index is 1.88. The first kappa shape index (κ1) is 16.0. The Morgan fingerprint density at radius 2 is 1.83 bits per heavy atom. The zero-order valence-electron chi connectivity index (χ0n) is 13.6. The van der Waals surface area contributed by atoms with Crippen LogP contribution in [0.4, 0.5) is 5.69 Å². The number of nitrogens with zero attached hydrogens (tertiary/aromatic N) is 1. The van der Waals surface area contributed by atoms with Crippen molar-refractivity contribution in [2.24, 2.45) is 0 Å². The molecule has 0 radical (unpaired) electrons. The number of carbonyl (C=O) groups excluding carboxylic acids is 2. The SMILES string of the molecule is CCNC(=O)[C@@H]1Cc2ccccc2N1C(=O)/C=C\c1ccccc1. The van der Waals surface area contributed by atoms with Crippen molar-refractivity contribution in [2.45, 2.75) is 19.4 Å². The van der Waals surface area contributed by atoms with Gasteiger partial charge in [-0.05, 0) is 30.2 Å². The summed E-state index contributed by atoms with van der Waals surface area (Å²) in [5, 5.41) is 2.82. The van der Waals surface area contributed by atoms with Crippen LogP contribution in [-0.4, -0.2) is 24.4 Å². The molecule has 2 aromatic rings. The molecule has 0 spiro atoms. The molecule has 2 aromatic carbocycles. The highest BCUT2D eigenvalue weighted by atomic mass is 16.2. The fourth-order valence-electron chi connectivity index (χ4n) is 2.97. The Morgan fingerprint density at radius 3 is 2.58 bits per heavy atom. The van der Waals surface area contributed by atoms with Crippen molar-refractivity contribution in [3.63, 3.8) is 0 Å². The second-order valence-corrected chi connectivity index (χ2v) is 5.70. The van der Waals surface area contributed by atoms with Gasteiger partial charge in [-0.15, -0.1) is 0 Å². The summed E-state index contributed by atoms with van der Waals surface area (Å²) in [6.45, 7) is 2.43. The first-order valence-corrected chi connectivity index (χ1v) is 8.12. The van der Waals surface area contributed by atoms with E-state index in [9.17, 15) is 9.59 Å². The molecule has 2 amide bonds. The minimum atomic E-state index is -0.490. The number of para-hydroxylation sites is 1. The second kappa shape index (κ2) is 7.13. The lowest BCUT2D eigenvalue weighted by molar-refractivity contribution is -0.124. The standard InChI is InChI=1S/C20H20N2O2/c1-2-21-20(24)18-14-16-10-6-7-11-17(16)22(18)19(23)13-12-15-8-4-3-5-9-15/h3-13,18H,2,14H2,1H3,(H,21,24)/b13-12-/t18-/m0/s1. The van der Waals surface area contributed by atoms with Gasteiger partial charge in [-0.2, -0.15) is 0 Å². The zero-order valence-corrected chi connectivity index (χ0v) is 13.6. The summed E-state index contributed by atoms with van der Waals surface area (Å²) in [6.07, 6.45) is 3.86. The van der Waals surface area contributed by atoms with E-state index >= 15 is 0 Å². The average Bonchev–Trinajstić information content (AvgIpc) is 3.00. The van der Waals surface area contributed by atoms with Crippen molar-refractivity contribution in [3.05, 3.63) is 71.8 Å². The summed E-state index contributed by atoms with van der Waals surface area (Å²) in [5.41, 5.74) is 2.79. The molecule has 1 aliphatic heterocycles. The maximum Gasteiger partial charge on any atom is 0.251 e. The fourth-order valence-corrected chi connectivity index (χ4v) is 2.97. The lowest BCUT2D eigenvalue weighted by Crippen LogP contribution is -2.47. The van der Waals surface area contributed by atoms with Crippen LogP contribution in [0.5, 0.6) is 0 Å². The van der Waals surface area contributed by atoms with Gasteiger partial charge in [0.05, 0.1) is 0 Å². The summed E-state index contributed by atoms with van der Waals surface area (Å²) in [6, 6.07) is 16.8. The first-order chi connectivity index (χ1) is 11.7. The van der Waals surface area contributed by atoms with Gasteiger partial charge in [0.25, 0.3) is 5.91 Å². The molecule has 1 N–H and O–H groups in total. The van der Waals surface area contributed by atoms with Crippen LogP contribution >= 0.6 is 0 Å². The molecule has 4 nitrogen and oxygen atoms in total. The highest BCUT2D eigenvalue weighted by Crippen LogP contribution is 2.32. The molecule has 1 heterocycles. The van der Waals surface area contributed by atoms with Crippen LogP contribution in [0.2, 0.25) is 0 Å². The van der Waals surface area contributed by atoms with Gasteiger partial charge in [0.2, 0.25) is 5.91 Å². The van der Waals surface area contributed by atoms with Crippen molar-refractivity contribution < 1.29 is 9.59 Å². The largest absolute Gasteiger partial charge is 0.355 e. The number of hydrogen-bond donors (Lipinski definition) is 1. The maximum atomic E-state index is 12.8. The van der Waals surface area contributed by atoms with E-state index < -0.39 is 6.04 Å². The van der Waals surface area contributed by atoms with Crippen LogP contribution in [0.1, 0.15) is 18.1 Å². The molecule has 3 rings (SSSR count). The molecule has 0 fully saturated rings. The number of carbonyl (C=O) groups is 2. The monoisotopic (exact) mass is 320 g/mol. The van der Waals surface area contributed by atoms with Crippen molar-refractivity contribution >= 4 is 23.6 Å². The van der Waals surface area contributed by atoms with E-state index in [2.05, 4.69) is 5.32 Å². The third-order valence-electron chi connectivity index (χ3n) is 4.09. The molecule has 1 aliphatic rings. The number of anilines is 1. The molecule has 0 saturated carbocycles. The average molecular weight is 320 g/mol. The third-order valence-corrected chi connectivity index (χ3v) is 4.09. The molecule has 0 aromatic heterocycles. The quantitative estimate of drug-likeness (QED) is 0.881. The topological polar surface area (TPSA) is 49.4 Å². The predicted molar refractivity (Wildman–Crippen MR) is 95.6 cm³/mol. The lowest BCUT2D eigenvalue weighted by atomic mass is 10.1. The van der Waals surface area contributed by atoms with Gasteiger partial charge < -0.3 is 5.32 Å². The van der Waals surface area contributed by atoms with E-state index in [-0.39, 0.29) is 11.8 Å². The van der Waals surface area contributed by atoms with Crippen molar-refractivity contribution in [1.82, 2.24) is 5.32 Å². The Kier molecular flexibility index (Phi) is 4.75. The van der Waals surface area contributed by atoms with E-state index in [1.807, 2.05) is 61.5 Å². The van der Waals surface area contributed by atoms with Crippen LogP contribution in [0.3, 0.4) is 0 Å². The van der Waals surface area contributed by atoms with Gasteiger partial charge in [0, 0.05) is 24.7 Å². The molecule has 0 unspecified atom stereocenters. The van der Waals surface area contributed by atoms with Gasteiger partial charge >= 0.3 is 0 Å². The van der Waals surface area contributed by atoms with E-state index in [0.717, 1.165) is 16.8 Å². The molecule has 0 aliphatic carbocycles. The Labute approximate surface area is 141 Å². The number of benzene rings is 2. The van der Waals surface area contributed by atoms with Gasteiger partial charge in [0.15, 0.2) is 0 Å². The zero-order chi connectivity index (χ0) is 16.9. The number of nitrogens with one attached hydrogen (secondary N) is 1. The normalized spacial score (nSPS) is 16.2. The second-order valence-electron chi connectivity index (χ2n) is 5.70. The molecule has 24 heavy (non-hydrogen) atoms. The number of rotatable bonds is 4. The summed E-state index contributed by atoms with van der Waals surface area (Å²) in [7, 11) is 0.